The van der Waals surface area contributed by atoms with Crippen molar-refractivity contribution in [2.24, 2.45) is 0 Å². The third kappa shape index (κ3) is 3.30. The summed E-state index contributed by atoms with van der Waals surface area (Å²) in [5, 5.41) is 9.74. The molecule has 0 unspecified atom stereocenters. The molecule has 0 amide bonds. The van der Waals surface area contributed by atoms with Gasteiger partial charge >= 0.3 is 0 Å². The van der Waals surface area contributed by atoms with E-state index in [2.05, 4.69) is 25.6 Å². The zero-order chi connectivity index (χ0) is 13.0. The second-order valence-electron chi connectivity index (χ2n) is 3.70. The normalized spacial score (nSPS) is 10.4. The van der Waals surface area contributed by atoms with Crippen molar-refractivity contribution in [3.05, 3.63) is 27.3 Å². The highest BCUT2D eigenvalue weighted by Crippen LogP contribution is 2.19. The molecular weight excluding hydrogens is 270 g/mol. The molecule has 0 fully saturated rings. The predicted molar refractivity (Wildman–Crippen MR) is 75.6 cm³/mol. The van der Waals surface area contributed by atoms with E-state index in [1.807, 2.05) is 12.3 Å². The van der Waals surface area contributed by atoms with Crippen molar-refractivity contribution in [2.75, 3.05) is 24.2 Å². The van der Waals surface area contributed by atoms with E-state index in [1.165, 1.54) is 0 Å². The van der Waals surface area contributed by atoms with Gasteiger partial charge in [0.1, 0.15) is 10.8 Å². The third-order valence-electron chi connectivity index (χ3n) is 2.27. The molecule has 0 radical (unpaired) electrons. The lowest BCUT2D eigenvalue weighted by Crippen LogP contribution is -2.08. The van der Waals surface area contributed by atoms with Crippen LogP contribution in [0.5, 0.6) is 0 Å². The van der Waals surface area contributed by atoms with E-state index in [9.17, 15) is 0 Å². The van der Waals surface area contributed by atoms with E-state index in [0.717, 1.165) is 23.7 Å². The van der Waals surface area contributed by atoms with Gasteiger partial charge < -0.3 is 10.6 Å². The number of aromatic nitrogens is 3. The van der Waals surface area contributed by atoms with Crippen LogP contribution >= 0.6 is 22.9 Å². The van der Waals surface area contributed by atoms with E-state index in [-0.39, 0.29) is 0 Å². The largest absolute Gasteiger partial charge is 0.368 e. The van der Waals surface area contributed by atoms with E-state index >= 15 is 0 Å². The fraction of sp³-hybridized carbons (Fsp3) is 0.364. The number of aryl methyl sites for hydroxylation is 1. The Balaban J connectivity index is 1.93. The van der Waals surface area contributed by atoms with E-state index in [4.69, 9.17) is 11.6 Å². The lowest BCUT2D eigenvalue weighted by Gasteiger charge is -2.07. The highest BCUT2D eigenvalue weighted by Gasteiger charge is 2.04. The van der Waals surface area contributed by atoms with Crippen molar-refractivity contribution < 1.29 is 0 Å². The van der Waals surface area contributed by atoms with E-state index in [0.29, 0.717) is 16.8 Å². The number of hydrogen-bond donors (Lipinski definition) is 2. The van der Waals surface area contributed by atoms with Gasteiger partial charge in [0.05, 0.1) is 11.2 Å². The molecule has 2 aromatic rings. The summed E-state index contributed by atoms with van der Waals surface area (Å²) in [5.74, 6) is 1.19. The monoisotopic (exact) mass is 283 g/mol. The van der Waals surface area contributed by atoms with Gasteiger partial charge in [-0.05, 0) is 6.92 Å². The Bertz CT molecular complexity index is 528. The average molecular weight is 284 g/mol. The summed E-state index contributed by atoms with van der Waals surface area (Å²) < 4.78 is 0. The number of rotatable bonds is 5. The lowest BCUT2D eigenvalue weighted by molar-refractivity contribution is 0.974. The van der Waals surface area contributed by atoms with Gasteiger partial charge in [0.25, 0.3) is 0 Å². The lowest BCUT2D eigenvalue weighted by atomic mass is 10.4. The number of anilines is 2. The minimum atomic E-state index is 0.518. The van der Waals surface area contributed by atoms with Gasteiger partial charge in [-0.15, -0.1) is 11.3 Å². The molecule has 2 heterocycles. The maximum absolute atomic E-state index is 6.01. The molecule has 0 saturated carbocycles. The van der Waals surface area contributed by atoms with E-state index in [1.54, 1.807) is 24.6 Å². The zero-order valence-corrected chi connectivity index (χ0v) is 11.8. The van der Waals surface area contributed by atoms with Gasteiger partial charge in [0.2, 0.25) is 5.95 Å². The number of halogens is 1. The van der Waals surface area contributed by atoms with Crippen LogP contribution in [-0.4, -0.2) is 28.5 Å². The predicted octanol–water partition coefficient (Wildman–Crippen LogP) is 2.59. The minimum absolute atomic E-state index is 0.518. The van der Waals surface area contributed by atoms with Crippen LogP contribution in [0.1, 0.15) is 10.7 Å². The summed E-state index contributed by atoms with van der Waals surface area (Å²) in [7, 11) is 1.77. The van der Waals surface area contributed by atoms with Crippen molar-refractivity contribution in [1.82, 2.24) is 15.0 Å². The first-order valence-corrected chi connectivity index (χ1v) is 6.80. The van der Waals surface area contributed by atoms with Gasteiger partial charge in [-0.3, -0.25) is 0 Å². The fourth-order valence-electron chi connectivity index (χ4n) is 1.42. The summed E-state index contributed by atoms with van der Waals surface area (Å²) in [6.45, 7) is 2.74. The molecule has 0 spiro atoms. The number of nitrogens with one attached hydrogen (secondary N) is 2. The molecule has 96 valence electrons. The van der Waals surface area contributed by atoms with Crippen LogP contribution in [0.2, 0.25) is 5.02 Å². The van der Waals surface area contributed by atoms with Crippen LogP contribution in [0.3, 0.4) is 0 Å². The Morgan fingerprint density at radius 2 is 2.22 bits per heavy atom. The molecule has 18 heavy (non-hydrogen) atoms. The van der Waals surface area contributed by atoms with Crippen molar-refractivity contribution in [1.29, 1.82) is 0 Å². The van der Waals surface area contributed by atoms with Gasteiger partial charge in [0, 0.05) is 31.1 Å². The zero-order valence-electron chi connectivity index (χ0n) is 10.2. The highest BCUT2D eigenvalue weighted by atomic mass is 35.5. The summed E-state index contributed by atoms with van der Waals surface area (Å²) in [4.78, 5) is 12.7. The molecule has 0 aliphatic heterocycles. The van der Waals surface area contributed by atoms with Gasteiger partial charge in [-0.25, -0.2) is 9.97 Å². The van der Waals surface area contributed by atoms with Gasteiger partial charge in [0.15, 0.2) is 0 Å². The SMILES string of the molecule is CNc1ncc(Cl)c(NCCc2nc(C)cs2)n1. The molecule has 2 N–H and O–H groups in total. The quantitative estimate of drug-likeness (QED) is 0.883. The highest BCUT2D eigenvalue weighted by molar-refractivity contribution is 7.09. The standard InChI is InChI=1S/C11H14ClN5S/c1-7-6-18-9(16-7)3-4-14-10-8(12)5-15-11(13-2)17-10/h5-6H,3-4H2,1-2H3,(H2,13,14,15,17). The van der Waals surface area contributed by atoms with Crippen molar-refractivity contribution >= 4 is 34.7 Å². The molecular formula is C11H14ClN5S. The molecule has 0 saturated heterocycles. The van der Waals surface area contributed by atoms with Crippen LogP contribution in [0.4, 0.5) is 11.8 Å². The first kappa shape index (κ1) is 13.0. The third-order valence-corrected chi connectivity index (χ3v) is 3.57. The van der Waals surface area contributed by atoms with Crippen molar-refractivity contribution in [3.63, 3.8) is 0 Å². The molecule has 0 aliphatic carbocycles. The Morgan fingerprint density at radius 3 is 2.89 bits per heavy atom. The van der Waals surface area contributed by atoms with E-state index < -0.39 is 0 Å². The fourth-order valence-corrected chi connectivity index (χ4v) is 2.35. The summed E-state index contributed by atoms with van der Waals surface area (Å²) >= 11 is 7.68. The number of thiazole rings is 1. The Labute approximate surface area is 115 Å². The number of hydrogen-bond acceptors (Lipinski definition) is 6. The smallest absolute Gasteiger partial charge is 0.224 e. The minimum Gasteiger partial charge on any atom is -0.368 e. The second kappa shape index (κ2) is 5.97. The van der Waals surface area contributed by atoms with Crippen LogP contribution in [-0.2, 0) is 6.42 Å². The maximum Gasteiger partial charge on any atom is 0.224 e. The van der Waals surface area contributed by atoms with Gasteiger partial charge in [-0.1, -0.05) is 11.6 Å². The van der Waals surface area contributed by atoms with Crippen LogP contribution in [0.15, 0.2) is 11.6 Å². The van der Waals surface area contributed by atoms with Crippen LogP contribution in [0.25, 0.3) is 0 Å². The molecule has 0 atom stereocenters. The molecule has 2 rings (SSSR count). The number of nitrogens with zero attached hydrogens (tertiary/aromatic N) is 3. The second-order valence-corrected chi connectivity index (χ2v) is 5.05. The molecule has 0 aliphatic rings. The Kier molecular flexibility index (Phi) is 4.33. The Hall–Kier alpha value is -1.40. The average Bonchev–Trinajstić information content (AvgIpc) is 2.77. The summed E-state index contributed by atoms with van der Waals surface area (Å²) in [6.07, 6.45) is 2.43. The molecule has 2 aromatic heterocycles. The van der Waals surface area contributed by atoms with Crippen molar-refractivity contribution in [3.8, 4) is 0 Å². The van der Waals surface area contributed by atoms with Crippen LogP contribution < -0.4 is 10.6 Å². The first-order valence-electron chi connectivity index (χ1n) is 5.54. The topological polar surface area (TPSA) is 62.7 Å². The summed E-state index contributed by atoms with van der Waals surface area (Å²) in [6, 6.07) is 0. The van der Waals surface area contributed by atoms with Gasteiger partial charge in [-0.2, -0.15) is 4.98 Å². The molecule has 0 aromatic carbocycles. The molecule has 7 heteroatoms. The first-order chi connectivity index (χ1) is 8.69. The maximum atomic E-state index is 6.01. The molecule has 5 nitrogen and oxygen atoms in total. The Morgan fingerprint density at radius 1 is 1.39 bits per heavy atom. The molecule has 0 bridgehead atoms. The van der Waals surface area contributed by atoms with Crippen LogP contribution in [0, 0.1) is 6.92 Å². The van der Waals surface area contributed by atoms with Crippen molar-refractivity contribution in [2.45, 2.75) is 13.3 Å². The summed E-state index contributed by atoms with van der Waals surface area (Å²) in [5.41, 5.74) is 1.06.